The molecule has 4 aromatic rings. The van der Waals surface area contributed by atoms with Crippen LogP contribution in [0.5, 0.6) is 0 Å². The van der Waals surface area contributed by atoms with Gasteiger partial charge in [-0.05, 0) is 29.3 Å². The Morgan fingerprint density at radius 1 is 0.833 bits per heavy atom. The normalized spacial score (nSPS) is 10.8. The van der Waals surface area contributed by atoms with Gasteiger partial charge in [0, 0.05) is 38.8 Å². The molecule has 1 aromatic heterocycles. The summed E-state index contributed by atoms with van der Waals surface area (Å²) in [7, 11) is 5.58. The molecule has 0 aliphatic rings. The summed E-state index contributed by atoms with van der Waals surface area (Å²) in [4.78, 5) is 42.1. The monoisotopic (exact) mass is 484 g/mol. The van der Waals surface area contributed by atoms with Gasteiger partial charge in [0.25, 0.3) is 11.5 Å². The van der Waals surface area contributed by atoms with E-state index in [1.165, 1.54) is 9.58 Å². The number of esters is 1. The van der Waals surface area contributed by atoms with Gasteiger partial charge in [-0.2, -0.15) is 5.10 Å². The van der Waals surface area contributed by atoms with Gasteiger partial charge in [0.2, 0.25) is 0 Å². The molecule has 0 N–H and O–H groups in total. The van der Waals surface area contributed by atoms with E-state index in [-0.39, 0.29) is 23.7 Å². The van der Waals surface area contributed by atoms with Crippen LogP contribution in [0.25, 0.3) is 10.8 Å². The van der Waals surface area contributed by atoms with Crippen LogP contribution in [-0.4, -0.2) is 54.3 Å². The lowest BCUT2D eigenvalue weighted by atomic mass is 10.1. The fourth-order valence-electron chi connectivity index (χ4n) is 3.82. The van der Waals surface area contributed by atoms with E-state index in [9.17, 15) is 14.4 Å². The Morgan fingerprint density at radius 2 is 1.47 bits per heavy atom. The first-order chi connectivity index (χ1) is 17.3. The molecule has 36 heavy (non-hydrogen) atoms. The molecule has 0 aliphatic heterocycles. The lowest BCUT2D eigenvalue weighted by molar-refractivity contribution is -0.133. The fraction of sp³-hybridized carbons (Fsp3) is 0.214. The van der Waals surface area contributed by atoms with Crippen molar-refractivity contribution in [3.8, 4) is 0 Å². The largest absolute Gasteiger partial charge is 0.451 e. The van der Waals surface area contributed by atoms with Crippen molar-refractivity contribution in [2.75, 3.05) is 32.6 Å². The van der Waals surface area contributed by atoms with Crippen molar-refractivity contribution in [2.24, 2.45) is 0 Å². The van der Waals surface area contributed by atoms with E-state index in [1.54, 1.807) is 31.3 Å². The van der Waals surface area contributed by atoms with Crippen LogP contribution < -0.4 is 10.5 Å². The molecule has 8 nitrogen and oxygen atoms in total. The molecule has 8 heteroatoms. The predicted molar refractivity (Wildman–Crippen MR) is 139 cm³/mol. The van der Waals surface area contributed by atoms with Gasteiger partial charge < -0.3 is 14.5 Å². The molecule has 1 heterocycles. The topological polar surface area (TPSA) is 84.7 Å². The zero-order valence-electron chi connectivity index (χ0n) is 20.5. The van der Waals surface area contributed by atoms with Crippen molar-refractivity contribution < 1.29 is 14.3 Å². The lowest BCUT2D eigenvalue weighted by Crippen LogP contribution is -2.32. The number of fused-ring (bicyclic) bond motifs is 1. The maximum absolute atomic E-state index is 13.0. The maximum atomic E-state index is 13.0. The Kier molecular flexibility index (Phi) is 7.44. The number of amides is 1. The number of rotatable bonds is 8. The Bertz CT molecular complexity index is 1430. The average molecular weight is 485 g/mol. The highest BCUT2D eigenvalue weighted by Crippen LogP contribution is 2.16. The fourth-order valence-corrected chi connectivity index (χ4v) is 3.82. The van der Waals surface area contributed by atoms with Crippen LogP contribution >= 0.6 is 0 Å². The zero-order chi connectivity index (χ0) is 25.7. The van der Waals surface area contributed by atoms with E-state index in [0.717, 1.165) is 16.8 Å². The van der Waals surface area contributed by atoms with Gasteiger partial charge in [0.15, 0.2) is 12.3 Å². The van der Waals surface area contributed by atoms with Gasteiger partial charge in [-0.1, -0.05) is 60.7 Å². The van der Waals surface area contributed by atoms with Gasteiger partial charge in [-0.25, -0.2) is 9.48 Å². The van der Waals surface area contributed by atoms with Gasteiger partial charge in [0.05, 0.1) is 11.9 Å². The first kappa shape index (κ1) is 24.7. The highest BCUT2D eigenvalue weighted by molar-refractivity contribution is 6.02. The molecule has 0 radical (unpaired) electrons. The summed E-state index contributed by atoms with van der Waals surface area (Å²) in [6, 6.07) is 24.0. The van der Waals surface area contributed by atoms with Crippen LogP contribution in [0.2, 0.25) is 0 Å². The minimum atomic E-state index is -0.759. The van der Waals surface area contributed by atoms with Crippen LogP contribution in [-0.2, 0) is 22.6 Å². The van der Waals surface area contributed by atoms with E-state index >= 15 is 0 Å². The van der Waals surface area contributed by atoms with Crippen molar-refractivity contribution in [2.45, 2.75) is 13.1 Å². The third-order valence-corrected chi connectivity index (χ3v) is 5.86. The molecule has 0 unspecified atom stereocenters. The van der Waals surface area contributed by atoms with Gasteiger partial charge >= 0.3 is 5.97 Å². The van der Waals surface area contributed by atoms with E-state index in [2.05, 4.69) is 5.10 Å². The van der Waals surface area contributed by atoms with E-state index in [4.69, 9.17) is 4.74 Å². The molecule has 0 atom stereocenters. The van der Waals surface area contributed by atoms with Gasteiger partial charge in [-0.15, -0.1) is 0 Å². The third kappa shape index (κ3) is 5.60. The first-order valence-corrected chi connectivity index (χ1v) is 11.5. The molecule has 3 aromatic carbocycles. The highest BCUT2D eigenvalue weighted by atomic mass is 16.5. The summed E-state index contributed by atoms with van der Waals surface area (Å²) in [6.07, 6.45) is 0. The number of ether oxygens (including phenoxy) is 1. The minimum Gasteiger partial charge on any atom is -0.451 e. The zero-order valence-corrected chi connectivity index (χ0v) is 20.5. The molecular weight excluding hydrogens is 456 g/mol. The Morgan fingerprint density at radius 3 is 2.14 bits per heavy atom. The summed E-state index contributed by atoms with van der Waals surface area (Å²) >= 11 is 0. The molecule has 0 bridgehead atoms. The van der Waals surface area contributed by atoms with Gasteiger partial charge in [0.1, 0.15) is 0 Å². The van der Waals surface area contributed by atoms with Crippen molar-refractivity contribution in [1.29, 1.82) is 0 Å². The van der Waals surface area contributed by atoms with Crippen molar-refractivity contribution >= 4 is 28.3 Å². The highest BCUT2D eigenvalue weighted by Gasteiger charge is 2.20. The second-order valence-corrected chi connectivity index (χ2v) is 8.73. The van der Waals surface area contributed by atoms with E-state index in [0.29, 0.717) is 17.3 Å². The summed E-state index contributed by atoms with van der Waals surface area (Å²) < 4.78 is 6.59. The SMILES string of the molecule is CN(Cc1ccc(N(C)C)cc1)C(=O)COC(=O)c1nn(Cc2ccccc2)c(=O)c2ccccc12. The smallest absolute Gasteiger partial charge is 0.359 e. The molecule has 0 saturated carbocycles. The third-order valence-electron chi connectivity index (χ3n) is 5.86. The van der Waals surface area contributed by atoms with Crippen molar-refractivity contribution in [3.63, 3.8) is 0 Å². The van der Waals surface area contributed by atoms with Crippen molar-refractivity contribution in [3.05, 3.63) is 106 Å². The quantitative estimate of drug-likeness (QED) is 0.357. The molecule has 4 rings (SSSR count). The average Bonchev–Trinajstić information content (AvgIpc) is 2.89. The second-order valence-electron chi connectivity index (χ2n) is 8.73. The van der Waals surface area contributed by atoms with Crippen molar-refractivity contribution in [1.82, 2.24) is 14.7 Å². The summed E-state index contributed by atoms with van der Waals surface area (Å²) in [5.41, 5.74) is 2.59. The molecule has 0 saturated heterocycles. The second kappa shape index (κ2) is 10.9. The number of hydrogen-bond acceptors (Lipinski definition) is 6. The minimum absolute atomic E-state index is 0.00383. The maximum Gasteiger partial charge on any atom is 0.359 e. The molecule has 0 aliphatic carbocycles. The molecule has 0 fully saturated rings. The number of nitrogens with zero attached hydrogens (tertiary/aromatic N) is 4. The summed E-state index contributed by atoms with van der Waals surface area (Å²) in [5.74, 6) is -1.10. The van der Waals surface area contributed by atoms with E-state index in [1.807, 2.05) is 73.6 Å². The van der Waals surface area contributed by atoms with Crippen LogP contribution in [0.3, 0.4) is 0 Å². The lowest BCUT2D eigenvalue weighted by Gasteiger charge is -2.18. The molecule has 0 spiro atoms. The Balaban J connectivity index is 1.48. The number of likely N-dealkylation sites (N-methyl/N-ethyl adjacent to an activating group) is 1. The standard InChI is InChI=1S/C28H28N4O4/c1-30(2)22-15-13-21(14-16-22)17-31(3)25(33)19-36-28(35)26-23-11-7-8-12-24(23)27(34)32(29-26)18-20-9-5-4-6-10-20/h4-16H,17-19H2,1-3H3. The molecule has 184 valence electrons. The molecular formula is C28H28N4O4. The first-order valence-electron chi connectivity index (χ1n) is 11.5. The number of benzene rings is 3. The number of anilines is 1. The van der Waals surface area contributed by atoms with Gasteiger partial charge in [-0.3, -0.25) is 9.59 Å². The summed E-state index contributed by atoms with van der Waals surface area (Å²) in [6.45, 7) is 0.158. The number of aromatic nitrogens is 2. The number of carbonyl (C=O) groups excluding carboxylic acids is 2. The van der Waals surface area contributed by atoms with Crippen LogP contribution in [0.1, 0.15) is 21.6 Å². The van der Waals surface area contributed by atoms with Crippen LogP contribution in [0.15, 0.2) is 83.7 Å². The Hall–Kier alpha value is -4.46. The number of hydrogen-bond donors (Lipinski definition) is 0. The number of carbonyl (C=O) groups is 2. The van der Waals surface area contributed by atoms with Crippen LogP contribution in [0.4, 0.5) is 5.69 Å². The molecule has 1 amide bonds. The van der Waals surface area contributed by atoms with Crippen LogP contribution in [0, 0.1) is 0 Å². The van der Waals surface area contributed by atoms with E-state index < -0.39 is 12.6 Å². The Labute approximate surface area is 209 Å². The summed E-state index contributed by atoms with van der Waals surface area (Å²) in [5, 5.41) is 5.06. The predicted octanol–water partition coefficient (Wildman–Crippen LogP) is 3.33.